The fraction of sp³-hybridized carbons (Fsp3) is 0.185. The molecule has 0 bridgehead atoms. The molecule has 0 unspecified atom stereocenters. The summed E-state index contributed by atoms with van der Waals surface area (Å²) in [6.07, 6.45) is 1.35. The minimum Gasteiger partial charge on any atom is -0.494 e. The normalized spacial score (nSPS) is 10.4. The number of rotatable bonds is 11. The molecule has 0 fully saturated rings. The molecule has 0 heterocycles. The summed E-state index contributed by atoms with van der Waals surface area (Å²) < 4.78 is 16.3. The van der Waals surface area contributed by atoms with Crippen LogP contribution in [0.1, 0.15) is 19.4 Å². The van der Waals surface area contributed by atoms with Crippen LogP contribution in [0.3, 0.4) is 0 Å². The summed E-state index contributed by atoms with van der Waals surface area (Å²) >= 11 is 0. The van der Waals surface area contributed by atoms with Crippen molar-refractivity contribution in [1.29, 1.82) is 0 Å². The van der Waals surface area contributed by atoms with Crippen molar-refractivity contribution in [2.75, 3.05) is 30.5 Å². The van der Waals surface area contributed by atoms with Crippen LogP contribution in [0.2, 0.25) is 0 Å². The van der Waals surface area contributed by atoms with Crippen LogP contribution in [0.25, 0.3) is 0 Å². The third-order valence-corrected chi connectivity index (χ3v) is 4.70. The van der Waals surface area contributed by atoms with E-state index in [0.717, 1.165) is 5.75 Å². The number of nitrogens with zero attached hydrogens (tertiary/aromatic N) is 1. The third-order valence-electron chi connectivity index (χ3n) is 4.70. The largest absolute Gasteiger partial charge is 0.494 e. The maximum absolute atomic E-state index is 12.2. The van der Waals surface area contributed by atoms with Gasteiger partial charge in [-0.25, -0.2) is 5.43 Å². The van der Waals surface area contributed by atoms with Gasteiger partial charge >= 0.3 is 11.8 Å². The summed E-state index contributed by atoms with van der Waals surface area (Å²) in [6, 6.07) is 20.6. The zero-order valence-corrected chi connectivity index (χ0v) is 20.5. The van der Waals surface area contributed by atoms with Crippen LogP contribution in [0.5, 0.6) is 17.2 Å². The first-order valence-corrected chi connectivity index (χ1v) is 11.6. The van der Waals surface area contributed by atoms with Crippen LogP contribution in [-0.2, 0) is 14.4 Å². The van der Waals surface area contributed by atoms with Gasteiger partial charge in [0.05, 0.1) is 25.1 Å². The van der Waals surface area contributed by atoms with Crippen LogP contribution >= 0.6 is 0 Å². The van der Waals surface area contributed by atoms with Crippen molar-refractivity contribution in [1.82, 2.24) is 5.43 Å². The van der Waals surface area contributed by atoms with Crippen molar-refractivity contribution < 1.29 is 28.6 Å². The molecule has 192 valence electrons. The molecule has 0 aliphatic rings. The molecule has 0 saturated heterocycles. The van der Waals surface area contributed by atoms with Crippen LogP contribution in [0, 0.1) is 0 Å². The first-order valence-electron chi connectivity index (χ1n) is 11.6. The summed E-state index contributed by atoms with van der Waals surface area (Å²) in [6.45, 7) is 4.50. The van der Waals surface area contributed by atoms with E-state index in [1.165, 1.54) is 6.21 Å². The zero-order chi connectivity index (χ0) is 26.5. The number of hydrogen-bond donors (Lipinski definition) is 3. The smallest absolute Gasteiger partial charge is 0.329 e. The zero-order valence-electron chi connectivity index (χ0n) is 20.5. The maximum Gasteiger partial charge on any atom is 0.329 e. The van der Waals surface area contributed by atoms with Gasteiger partial charge in [-0.15, -0.1) is 0 Å². The van der Waals surface area contributed by atoms with E-state index in [1.807, 2.05) is 13.8 Å². The minimum atomic E-state index is -0.944. The fourth-order valence-corrected chi connectivity index (χ4v) is 3.08. The summed E-state index contributed by atoms with van der Waals surface area (Å²) in [4.78, 5) is 36.5. The number of benzene rings is 3. The lowest BCUT2D eigenvalue weighted by Gasteiger charge is -2.10. The number of hydrogen-bond acceptors (Lipinski definition) is 7. The first kappa shape index (κ1) is 26.7. The van der Waals surface area contributed by atoms with E-state index < -0.39 is 11.8 Å². The molecule has 0 spiro atoms. The Hall–Kier alpha value is -4.86. The monoisotopic (exact) mass is 504 g/mol. The summed E-state index contributed by atoms with van der Waals surface area (Å²) in [5, 5.41) is 9.05. The molecule has 3 aromatic rings. The van der Waals surface area contributed by atoms with E-state index in [9.17, 15) is 14.4 Å². The van der Waals surface area contributed by atoms with Crippen LogP contribution < -0.4 is 30.3 Å². The SMILES string of the molecule is CCOc1ccc(NC(=O)COc2cccc(/C=N\NC(=O)C(=O)Nc3ccccc3OCC)c2)cc1. The number of anilines is 2. The van der Waals surface area contributed by atoms with Crippen molar-refractivity contribution in [3.63, 3.8) is 0 Å². The first-order chi connectivity index (χ1) is 18.0. The maximum atomic E-state index is 12.2. The lowest BCUT2D eigenvalue weighted by atomic mass is 10.2. The highest BCUT2D eigenvalue weighted by Gasteiger charge is 2.15. The molecular formula is C27H28N4O6. The van der Waals surface area contributed by atoms with E-state index >= 15 is 0 Å². The molecule has 10 heteroatoms. The van der Waals surface area contributed by atoms with Gasteiger partial charge in [0, 0.05) is 5.69 Å². The summed E-state index contributed by atoms with van der Waals surface area (Å²) in [5.74, 6) is -0.547. The van der Waals surface area contributed by atoms with Crippen LogP contribution in [0.15, 0.2) is 77.9 Å². The van der Waals surface area contributed by atoms with E-state index in [1.54, 1.807) is 72.8 Å². The molecule has 3 rings (SSSR count). The van der Waals surface area contributed by atoms with Gasteiger partial charge in [-0.1, -0.05) is 24.3 Å². The average Bonchev–Trinajstić information content (AvgIpc) is 2.90. The van der Waals surface area contributed by atoms with Gasteiger partial charge < -0.3 is 24.8 Å². The molecule has 3 amide bonds. The van der Waals surface area contributed by atoms with Gasteiger partial charge in [-0.2, -0.15) is 5.10 Å². The van der Waals surface area contributed by atoms with Gasteiger partial charge in [0.2, 0.25) is 0 Å². The standard InChI is InChI=1S/C27H28N4O6/c1-3-35-21-14-12-20(13-15-21)29-25(32)18-37-22-9-7-8-19(16-22)17-28-31-27(34)26(33)30-23-10-5-6-11-24(23)36-4-2/h5-17H,3-4,18H2,1-2H3,(H,29,32)(H,30,33)(H,31,34)/b28-17-. The van der Waals surface area contributed by atoms with E-state index in [-0.39, 0.29) is 12.5 Å². The molecule has 0 radical (unpaired) electrons. The number of nitrogens with one attached hydrogen (secondary N) is 3. The second kappa shape index (κ2) is 13.9. The van der Waals surface area contributed by atoms with E-state index in [4.69, 9.17) is 14.2 Å². The topological polar surface area (TPSA) is 127 Å². The molecule has 0 atom stereocenters. The van der Waals surface area contributed by atoms with Crippen LogP contribution in [-0.4, -0.2) is 43.8 Å². The van der Waals surface area contributed by atoms with Gasteiger partial charge in [0.1, 0.15) is 17.2 Å². The minimum absolute atomic E-state index is 0.200. The number of carbonyl (C=O) groups excluding carboxylic acids is 3. The molecule has 3 aromatic carbocycles. The average molecular weight is 505 g/mol. The predicted octanol–water partition coefficient (Wildman–Crippen LogP) is 3.59. The summed E-state index contributed by atoms with van der Waals surface area (Å²) in [7, 11) is 0. The molecule has 37 heavy (non-hydrogen) atoms. The highest BCUT2D eigenvalue weighted by Crippen LogP contribution is 2.23. The highest BCUT2D eigenvalue weighted by atomic mass is 16.5. The molecule has 10 nitrogen and oxygen atoms in total. The lowest BCUT2D eigenvalue weighted by Crippen LogP contribution is -2.32. The number of para-hydroxylation sites is 2. The second-order valence-electron chi connectivity index (χ2n) is 7.45. The number of ether oxygens (including phenoxy) is 3. The molecule has 0 aromatic heterocycles. The second-order valence-corrected chi connectivity index (χ2v) is 7.45. The predicted molar refractivity (Wildman–Crippen MR) is 140 cm³/mol. The summed E-state index contributed by atoms with van der Waals surface area (Å²) in [5.41, 5.74) is 3.77. The van der Waals surface area contributed by atoms with Gasteiger partial charge in [-0.3, -0.25) is 14.4 Å². The van der Waals surface area contributed by atoms with E-state index in [0.29, 0.717) is 41.7 Å². The van der Waals surface area contributed by atoms with Crippen molar-refractivity contribution in [2.24, 2.45) is 5.10 Å². The van der Waals surface area contributed by atoms with Gasteiger partial charge in [-0.05, 0) is 67.9 Å². The quantitative estimate of drug-likeness (QED) is 0.208. The Morgan fingerprint density at radius 1 is 0.784 bits per heavy atom. The Labute approximate surface area is 214 Å². The molecule has 0 aliphatic carbocycles. The molecule has 3 N–H and O–H groups in total. The third kappa shape index (κ3) is 8.70. The van der Waals surface area contributed by atoms with Crippen molar-refractivity contribution in [3.05, 3.63) is 78.4 Å². The number of carbonyl (C=O) groups is 3. The number of hydrazone groups is 1. The van der Waals surface area contributed by atoms with Gasteiger partial charge in [0.15, 0.2) is 6.61 Å². The van der Waals surface area contributed by atoms with Crippen molar-refractivity contribution in [2.45, 2.75) is 13.8 Å². The van der Waals surface area contributed by atoms with Crippen molar-refractivity contribution >= 4 is 35.3 Å². The van der Waals surface area contributed by atoms with Gasteiger partial charge in [0.25, 0.3) is 5.91 Å². The van der Waals surface area contributed by atoms with Crippen molar-refractivity contribution in [3.8, 4) is 17.2 Å². The Morgan fingerprint density at radius 2 is 1.54 bits per heavy atom. The Morgan fingerprint density at radius 3 is 2.30 bits per heavy atom. The Kier molecular flexibility index (Phi) is 10.0. The highest BCUT2D eigenvalue weighted by molar-refractivity contribution is 6.39. The van der Waals surface area contributed by atoms with E-state index in [2.05, 4.69) is 21.2 Å². The molecular weight excluding hydrogens is 476 g/mol. The van der Waals surface area contributed by atoms with Crippen LogP contribution in [0.4, 0.5) is 11.4 Å². The molecule has 0 aliphatic heterocycles. The fourth-order valence-electron chi connectivity index (χ4n) is 3.08. The molecule has 0 saturated carbocycles. The Balaban J connectivity index is 1.47. The number of amides is 3. The lowest BCUT2D eigenvalue weighted by molar-refractivity contribution is -0.136. The Bertz CT molecular complexity index is 1240.